The third-order valence-electron chi connectivity index (χ3n) is 2.91. The average Bonchev–Trinajstić information content (AvgIpc) is 2.59. The van der Waals surface area contributed by atoms with Crippen molar-refractivity contribution in [1.29, 1.82) is 0 Å². The Morgan fingerprint density at radius 1 is 1.53 bits per heavy atom. The third-order valence-corrected chi connectivity index (χ3v) is 2.91. The zero-order chi connectivity index (χ0) is 12.3. The first-order valence-electron chi connectivity index (χ1n) is 5.43. The molecule has 1 heterocycles. The van der Waals surface area contributed by atoms with Crippen molar-refractivity contribution < 1.29 is 38.2 Å². The molecule has 0 fully saturated rings. The number of carbonyl (C=O) groups is 1. The van der Waals surface area contributed by atoms with Gasteiger partial charge >= 0.3 is 5.97 Å². The summed E-state index contributed by atoms with van der Waals surface area (Å²) in [6, 6.07) is 0. The van der Waals surface area contributed by atoms with E-state index in [-0.39, 0.29) is 29.9 Å². The first-order valence-corrected chi connectivity index (χ1v) is 5.43. The van der Waals surface area contributed by atoms with Crippen LogP contribution in [0.15, 0.2) is 0 Å². The third kappa shape index (κ3) is 2.93. The second kappa shape index (κ2) is 6.27. The van der Waals surface area contributed by atoms with E-state index in [1.165, 1.54) is 0 Å². The Labute approximate surface area is 118 Å². The van der Waals surface area contributed by atoms with E-state index in [0.29, 0.717) is 13.0 Å². The van der Waals surface area contributed by atoms with Crippen LogP contribution in [0.3, 0.4) is 0 Å². The number of rotatable bonds is 4. The number of hydrogen-bond donors (Lipinski definition) is 0. The molecule has 0 saturated heterocycles. The summed E-state index contributed by atoms with van der Waals surface area (Å²) in [5, 5.41) is 7.88. The Bertz CT molecular complexity index is 394. The fourth-order valence-corrected chi connectivity index (χ4v) is 1.49. The van der Waals surface area contributed by atoms with Crippen LogP contribution in [0.2, 0.25) is 0 Å². The van der Waals surface area contributed by atoms with Crippen LogP contribution >= 0.6 is 0 Å². The zero-order valence-electron chi connectivity index (χ0n) is 10.9. The monoisotopic (exact) mass is 354 g/mol. The van der Waals surface area contributed by atoms with Gasteiger partial charge in [-0.25, -0.2) is 4.79 Å². The maximum atomic E-state index is 11.9. The van der Waals surface area contributed by atoms with Gasteiger partial charge in [-0.15, -0.1) is 4.68 Å². The number of nitrogens with zero attached hydrogens (tertiary/aromatic N) is 4. The number of tetrazole rings is 1. The van der Waals surface area contributed by atoms with Gasteiger partial charge in [-0.3, -0.25) is 0 Å². The molecule has 1 atom stereocenters. The molecule has 0 aromatic carbocycles. The highest BCUT2D eigenvalue weighted by molar-refractivity contribution is 5.78. The molecule has 0 aliphatic carbocycles. The lowest BCUT2D eigenvalue weighted by molar-refractivity contribution is -0.737. The van der Waals surface area contributed by atoms with Crippen LogP contribution in [-0.2, 0) is 22.1 Å². The molecule has 0 N–H and O–H groups in total. The summed E-state index contributed by atoms with van der Waals surface area (Å²) in [6.07, 6.45) is 0.607. The second-order valence-electron chi connectivity index (χ2n) is 3.91. The molecule has 0 bridgehead atoms. The van der Waals surface area contributed by atoms with Crippen molar-refractivity contribution in [2.24, 2.45) is 7.05 Å². The van der Waals surface area contributed by atoms with Gasteiger partial charge in [0.1, 0.15) is 5.21 Å². The highest BCUT2D eigenvalue weighted by atomic mass is 127. The topological polar surface area (TPSA) is 60.9 Å². The highest BCUT2D eigenvalue weighted by Crippen LogP contribution is 2.21. The molecule has 6 nitrogen and oxygen atoms in total. The summed E-state index contributed by atoms with van der Waals surface area (Å²) in [7, 11) is 1.79. The molecule has 1 unspecified atom stereocenters. The molecule has 1 rings (SSSR count). The lowest BCUT2D eigenvalue weighted by Gasteiger charge is -2.20. The molecule has 17 heavy (non-hydrogen) atoms. The standard InChI is InChI=1S/C10H19N4O2.HI/c1-6-10(4,9(15)16-7-2)14-8(3)13(5)11-12-14;/h6-7H2,1-5H3;1H/q+1;/p-1. The quantitative estimate of drug-likeness (QED) is 0.331. The Kier molecular flexibility index (Phi) is 6.00. The molecule has 1 aromatic rings. The van der Waals surface area contributed by atoms with Crippen molar-refractivity contribution >= 4 is 5.97 Å². The van der Waals surface area contributed by atoms with Gasteiger partial charge in [-0.1, -0.05) is 11.6 Å². The minimum absolute atomic E-state index is 0. The van der Waals surface area contributed by atoms with E-state index < -0.39 is 5.54 Å². The summed E-state index contributed by atoms with van der Waals surface area (Å²) in [6.45, 7) is 7.77. The second-order valence-corrected chi connectivity index (χ2v) is 3.91. The average molecular weight is 354 g/mol. The molecule has 1 aromatic heterocycles. The molecular formula is C10H19IN4O2. The van der Waals surface area contributed by atoms with E-state index in [4.69, 9.17) is 4.74 Å². The number of esters is 1. The normalized spacial score (nSPS) is 13.7. The SMILES string of the molecule is CCOC(=O)C(C)(CC)n1nn[n+](C)c1C.[I-]. The molecule has 7 heteroatoms. The number of halogens is 1. The van der Waals surface area contributed by atoms with Gasteiger partial charge in [-0.2, -0.15) is 0 Å². The van der Waals surface area contributed by atoms with Gasteiger partial charge in [-0.05, 0) is 20.3 Å². The predicted octanol–water partition coefficient (Wildman–Crippen LogP) is -2.90. The number of aromatic nitrogens is 4. The van der Waals surface area contributed by atoms with Crippen molar-refractivity contribution in [2.75, 3.05) is 6.61 Å². The van der Waals surface area contributed by atoms with E-state index in [2.05, 4.69) is 10.4 Å². The molecular weight excluding hydrogens is 335 g/mol. The molecule has 0 amide bonds. The zero-order valence-corrected chi connectivity index (χ0v) is 13.1. The van der Waals surface area contributed by atoms with Crippen molar-refractivity contribution in [1.82, 2.24) is 15.1 Å². The van der Waals surface area contributed by atoms with E-state index in [1.54, 1.807) is 23.3 Å². The van der Waals surface area contributed by atoms with E-state index >= 15 is 0 Å². The lowest BCUT2D eigenvalue weighted by Crippen LogP contribution is -3.00. The van der Waals surface area contributed by atoms with Crippen LogP contribution in [0.25, 0.3) is 0 Å². The molecule has 0 radical (unpaired) electrons. The van der Waals surface area contributed by atoms with Crippen LogP contribution in [-0.4, -0.2) is 27.7 Å². The highest BCUT2D eigenvalue weighted by Gasteiger charge is 2.43. The molecule has 98 valence electrons. The lowest BCUT2D eigenvalue weighted by atomic mass is 9.99. The first kappa shape index (κ1) is 16.3. The Morgan fingerprint density at radius 3 is 2.47 bits per heavy atom. The van der Waals surface area contributed by atoms with E-state index in [0.717, 1.165) is 5.82 Å². The predicted molar refractivity (Wildman–Crippen MR) is 56.5 cm³/mol. The van der Waals surface area contributed by atoms with Crippen molar-refractivity contribution in [3.8, 4) is 0 Å². The van der Waals surface area contributed by atoms with Gasteiger partial charge in [0.2, 0.25) is 5.54 Å². The van der Waals surface area contributed by atoms with Crippen LogP contribution < -0.4 is 28.7 Å². The fraction of sp³-hybridized carbons (Fsp3) is 0.800. The maximum absolute atomic E-state index is 11.9. The molecule has 0 aliphatic heterocycles. The smallest absolute Gasteiger partial charge is 0.350 e. The Hall–Kier alpha value is -0.730. The van der Waals surface area contributed by atoms with Gasteiger partial charge in [0, 0.05) is 6.92 Å². The van der Waals surface area contributed by atoms with Crippen molar-refractivity contribution in [3.05, 3.63) is 5.82 Å². The summed E-state index contributed by atoms with van der Waals surface area (Å²) in [5.74, 6) is 0.545. The molecule has 0 spiro atoms. The number of aryl methyl sites for hydroxylation is 1. The van der Waals surface area contributed by atoms with Crippen molar-refractivity contribution in [3.63, 3.8) is 0 Å². The van der Waals surface area contributed by atoms with E-state index in [9.17, 15) is 4.79 Å². The summed E-state index contributed by atoms with van der Waals surface area (Å²) in [5.41, 5.74) is -0.783. The van der Waals surface area contributed by atoms with E-state index in [1.807, 2.05) is 20.8 Å². The number of hydrogen-bond acceptors (Lipinski definition) is 4. The largest absolute Gasteiger partial charge is 1.00 e. The van der Waals surface area contributed by atoms with Gasteiger partial charge in [0.05, 0.1) is 13.7 Å². The summed E-state index contributed by atoms with van der Waals surface area (Å²) in [4.78, 5) is 11.9. The Balaban J connectivity index is 0.00000256. The van der Waals surface area contributed by atoms with Crippen LogP contribution in [0.1, 0.15) is 33.0 Å². The Morgan fingerprint density at radius 2 is 2.12 bits per heavy atom. The van der Waals surface area contributed by atoms with Crippen LogP contribution in [0, 0.1) is 6.92 Å². The minimum Gasteiger partial charge on any atom is -1.00 e. The van der Waals surface area contributed by atoms with Crippen LogP contribution in [0.4, 0.5) is 0 Å². The number of carbonyl (C=O) groups excluding carboxylic acids is 1. The van der Waals surface area contributed by atoms with Gasteiger partial charge < -0.3 is 28.7 Å². The minimum atomic E-state index is -0.783. The van der Waals surface area contributed by atoms with Crippen molar-refractivity contribution in [2.45, 2.75) is 39.7 Å². The molecule has 0 saturated carbocycles. The molecule has 0 aliphatic rings. The van der Waals surface area contributed by atoms with Crippen LogP contribution in [0.5, 0.6) is 0 Å². The summed E-state index contributed by atoms with van der Waals surface area (Å²) < 4.78 is 8.33. The first-order chi connectivity index (χ1) is 7.47. The summed E-state index contributed by atoms with van der Waals surface area (Å²) >= 11 is 0. The van der Waals surface area contributed by atoms with Gasteiger partial charge in [0.25, 0.3) is 5.82 Å². The van der Waals surface area contributed by atoms with Gasteiger partial charge in [0.15, 0.2) is 5.21 Å². The fourth-order valence-electron chi connectivity index (χ4n) is 1.49. The number of ether oxygens (including phenoxy) is 1. The maximum Gasteiger partial charge on any atom is 0.350 e.